The summed E-state index contributed by atoms with van der Waals surface area (Å²) in [5.74, 6) is 0.893. The number of benzene rings is 1. The van der Waals surface area contributed by atoms with Gasteiger partial charge < -0.3 is 15.2 Å². The summed E-state index contributed by atoms with van der Waals surface area (Å²) < 4.78 is 26.7. The Labute approximate surface area is 144 Å². The van der Waals surface area contributed by atoms with E-state index in [0.29, 0.717) is 17.4 Å². The molecule has 0 atom stereocenters. The van der Waals surface area contributed by atoms with Gasteiger partial charge in [0.05, 0.1) is 17.6 Å². The Morgan fingerprint density at radius 3 is 2.76 bits per heavy atom. The molecule has 8 heteroatoms. The van der Waals surface area contributed by atoms with Crippen LogP contribution in [0.5, 0.6) is 0 Å². The first-order chi connectivity index (χ1) is 12.0. The molecule has 3 rings (SSSR count). The quantitative estimate of drug-likeness (QED) is 0.643. The van der Waals surface area contributed by atoms with Gasteiger partial charge in [-0.1, -0.05) is 0 Å². The van der Waals surface area contributed by atoms with Crippen LogP contribution >= 0.6 is 0 Å². The van der Waals surface area contributed by atoms with Gasteiger partial charge in [-0.25, -0.2) is 13.8 Å². The number of nitrogens with one attached hydrogen (secondary N) is 2. The van der Waals surface area contributed by atoms with Gasteiger partial charge in [-0.3, -0.25) is 9.79 Å². The molecule has 134 valence electrons. The molecule has 0 spiro atoms. The van der Waals surface area contributed by atoms with Crippen LogP contribution in [0.3, 0.4) is 0 Å². The van der Waals surface area contributed by atoms with E-state index in [4.69, 9.17) is 0 Å². The number of imidazole rings is 1. The second-order valence-electron chi connectivity index (χ2n) is 6.02. The lowest BCUT2D eigenvalue weighted by Crippen LogP contribution is -2.29. The highest BCUT2D eigenvalue weighted by Crippen LogP contribution is 2.35. The highest BCUT2D eigenvalue weighted by atomic mass is 19.3. The molecule has 1 saturated carbocycles. The first kappa shape index (κ1) is 17.3. The van der Waals surface area contributed by atoms with E-state index in [2.05, 4.69) is 25.2 Å². The third-order valence-electron chi connectivity index (χ3n) is 4.48. The Morgan fingerprint density at radius 2 is 2.20 bits per heavy atom. The number of amides is 1. The minimum Gasteiger partial charge on any atom is -0.370 e. The molecular weight excluding hydrogens is 328 g/mol. The molecule has 2 aromatic rings. The van der Waals surface area contributed by atoms with Gasteiger partial charge in [-0.2, -0.15) is 0 Å². The van der Waals surface area contributed by atoms with Crippen LogP contribution in [-0.2, 0) is 0 Å². The maximum atomic E-state index is 12.3. The summed E-state index contributed by atoms with van der Waals surface area (Å²) in [5.41, 5.74) is 1.92. The van der Waals surface area contributed by atoms with E-state index in [1.54, 1.807) is 32.3 Å². The Kier molecular flexibility index (Phi) is 4.96. The fraction of sp³-hybridized carbons (Fsp3) is 0.471. The van der Waals surface area contributed by atoms with Crippen molar-refractivity contribution in [1.82, 2.24) is 20.2 Å². The molecule has 1 aliphatic rings. The number of rotatable bonds is 5. The lowest BCUT2D eigenvalue weighted by Gasteiger charge is -2.29. The van der Waals surface area contributed by atoms with Crippen molar-refractivity contribution < 1.29 is 13.6 Å². The molecule has 25 heavy (non-hydrogen) atoms. The highest BCUT2D eigenvalue weighted by Gasteiger charge is 2.26. The second kappa shape index (κ2) is 7.16. The Balaban J connectivity index is 2.04. The van der Waals surface area contributed by atoms with E-state index >= 15 is 0 Å². The molecule has 1 aliphatic carbocycles. The average molecular weight is 349 g/mol. The topological polar surface area (TPSA) is 71.3 Å². The summed E-state index contributed by atoms with van der Waals surface area (Å²) in [5, 5.41) is 5.28. The van der Waals surface area contributed by atoms with Crippen LogP contribution in [0.4, 0.5) is 8.78 Å². The van der Waals surface area contributed by atoms with Gasteiger partial charge >= 0.3 is 0 Å². The van der Waals surface area contributed by atoms with Gasteiger partial charge in [-0.05, 0) is 37.5 Å². The van der Waals surface area contributed by atoms with Gasteiger partial charge in [0.1, 0.15) is 0 Å². The predicted molar refractivity (Wildman–Crippen MR) is 92.5 cm³/mol. The Hall–Kier alpha value is -2.51. The molecule has 1 heterocycles. The van der Waals surface area contributed by atoms with Crippen LogP contribution in [-0.4, -0.2) is 48.4 Å². The van der Waals surface area contributed by atoms with Crippen LogP contribution in [0.2, 0.25) is 0 Å². The molecule has 6 nitrogen and oxygen atoms in total. The maximum Gasteiger partial charge on any atom is 0.255 e. The smallest absolute Gasteiger partial charge is 0.255 e. The maximum absolute atomic E-state index is 12.3. The summed E-state index contributed by atoms with van der Waals surface area (Å²) >= 11 is 0. The lowest BCUT2D eigenvalue weighted by molar-refractivity contribution is 0.0892. The highest BCUT2D eigenvalue weighted by molar-refractivity contribution is 6.01. The van der Waals surface area contributed by atoms with Crippen molar-refractivity contribution in [2.75, 3.05) is 20.6 Å². The zero-order valence-electron chi connectivity index (χ0n) is 14.2. The molecule has 0 radical (unpaired) electrons. The van der Waals surface area contributed by atoms with E-state index in [0.717, 1.165) is 36.1 Å². The monoisotopic (exact) mass is 349 g/mol. The summed E-state index contributed by atoms with van der Waals surface area (Å²) in [4.78, 5) is 21.0. The van der Waals surface area contributed by atoms with Crippen molar-refractivity contribution in [3.63, 3.8) is 0 Å². The summed E-state index contributed by atoms with van der Waals surface area (Å²) in [6.07, 6.45) is 0.664. The number of amidine groups is 1. The number of hydrogen-bond acceptors (Lipinski definition) is 3. The van der Waals surface area contributed by atoms with Crippen molar-refractivity contribution in [2.24, 2.45) is 4.99 Å². The first-order valence-corrected chi connectivity index (χ1v) is 8.28. The van der Waals surface area contributed by atoms with Crippen LogP contribution in [0.25, 0.3) is 11.0 Å². The van der Waals surface area contributed by atoms with E-state index < -0.39 is 18.9 Å². The average Bonchev–Trinajstić information content (AvgIpc) is 2.91. The van der Waals surface area contributed by atoms with Crippen molar-refractivity contribution in [3.05, 3.63) is 29.6 Å². The fourth-order valence-electron chi connectivity index (χ4n) is 3.01. The normalized spacial score (nSPS) is 15.5. The number of hydrogen-bond donors (Lipinski definition) is 2. The minimum atomic E-state index is -2.57. The number of nitrogens with zero attached hydrogens (tertiary/aromatic N) is 3. The van der Waals surface area contributed by atoms with Gasteiger partial charge in [0, 0.05) is 25.7 Å². The molecule has 0 saturated heterocycles. The SMILES string of the molecule is C/N=C(\NC)c1nc2ccc(C(=O)NCC(F)F)cc2n1C1CCC1. The number of fused-ring (bicyclic) bond motifs is 1. The zero-order chi connectivity index (χ0) is 18.0. The van der Waals surface area contributed by atoms with Gasteiger partial charge in [0.25, 0.3) is 12.3 Å². The summed E-state index contributed by atoms with van der Waals surface area (Å²) in [6.45, 7) is -0.656. The van der Waals surface area contributed by atoms with Gasteiger partial charge in [-0.15, -0.1) is 0 Å². The van der Waals surface area contributed by atoms with Crippen LogP contribution < -0.4 is 10.6 Å². The Morgan fingerprint density at radius 1 is 1.44 bits per heavy atom. The standard InChI is InChI=1S/C17H21F2N5O/c1-20-15(21-2)16-23-12-7-6-10(17(25)22-9-14(18)19)8-13(12)24(16)11-4-3-5-11/h6-8,11,14H,3-5,9H2,1-2H3,(H,20,21)(H,22,25). The van der Waals surface area contributed by atoms with E-state index in [1.807, 2.05) is 0 Å². The van der Waals surface area contributed by atoms with Crippen molar-refractivity contribution in [3.8, 4) is 0 Å². The van der Waals surface area contributed by atoms with E-state index in [9.17, 15) is 13.6 Å². The number of halogens is 2. The molecule has 1 amide bonds. The van der Waals surface area contributed by atoms with Crippen LogP contribution in [0.15, 0.2) is 23.2 Å². The zero-order valence-corrected chi connectivity index (χ0v) is 14.2. The molecule has 1 aromatic heterocycles. The van der Waals surface area contributed by atoms with E-state index in [1.165, 1.54) is 0 Å². The third-order valence-corrected chi connectivity index (χ3v) is 4.48. The lowest BCUT2D eigenvalue weighted by atomic mass is 9.92. The van der Waals surface area contributed by atoms with Crippen LogP contribution in [0.1, 0.15) is 41.5 Å². The predicted octanol–water partition coefficient (Wildman–Crippen LogP) is 2.35. The second-order valence-corrected chi connectivity index (χ2v) is 6.02. The number of aliphatic imine (C=N–C) groups is 1. The molecule has 0 unspecified atom stereocenters. The van der Waals surface area contributed by atoms with Crippen molar-refractivity contribution in [1.29, 1.82) is 0 Å². The summed E-state index contributed by atoms with van der Waals surface area (Å²) in [6, 6.07) is 5.37. The molecule has 1 aromatic carbocycles. The number of carbonyl (C=O) groups excluding carboxylic acids is 1. The summed E-state index contributed by atoms with van der Waals surface area (Å²) in [7, 11) is 3.48. The first-order valence-electron chi connectivity index (χ1n) is 8.28. The molecule has 0 aliphatic heterocycles. The molecular formula is C17H21F2N5O. The molecule has 1 fully saturated rings. The van der Waals surface area contributed by atoms with Crippen molar-refractivity contribution in [2.45, 2.75) is 31.7 Å². The fourth-order valence-corrected chi connectivity index (χ4v) is 3.01. The van der Waals surface area contributed by atoms with Crippen molar-refractivity contribution >= 4 is 22.8 Å². The number of carbonyl (C=O) groups is 1. The number of alkyl halides is 2. The van der Waals surface area contributed by atoms with Crippen LogP contribution in [0, 0.1) is 0 Å². The van der Waals surface area contributed by atoms with Gasteiger partial charge in [0.15, 0.2) is 11.7 Å². The minimum absolute atomic E-state index is 0.310. The Bertz CT molecular complexity index is 811. The largest absolute Gasteiger partial charge is 0.370 e. The molecule has 0 bridgehead atoms. The third kappa shape index (κ3) is 3.33. The molecule has 2 N–H and O–H groups in total. The van der Waals surface area contributed by atoms with Gasteiger partial charge in [0.2, 0.25) is 0 Å². The number of aromatic nitrogens is 2. The van der Waals surface area contributed by atoms with E-state index in [-0.39, 0.29) is 0 Å².